The predicted molar refractivity (Wildman–Crippen MR) is 99.1 cm³/mol. The van der Waals surface area contributed by atoms with Crippen molar-refractivity contribution in [2.75, 3.05) is 18.2 Å². The molecule has 1 rings (SSSR count). The standard InChI is InChI=1S/C18H26F3NO4S/c1-5-6-7-8-11-27(23,24)22(14(2)3)16-10-9-15(18(19,20)21)12-17(16)26-13-25-4/h8-12,14H,5-7,13H2,1-4H3/b11-8+. The summed E-state index contributed by atoms with van der Waals surface area (Å²) in [6, 6.07) is 2.18. The summed E-state index contributed by atoms with van der Waals surface area (Å²) in [4.78, 5) is 0. The molecule has 0 N–H and O–H groups in total. The average Bonchev–Trinajstić information content (AvgIpc) is 2.56. The smallest absolute Gasteiger partial charge is 0.416 e. The molecule has 0 bridgehead atoms. The van der Waals surface area contributed by atoms with E-state index in [9.17, 15) is 21.6 Å². The molecule has 1 aromatic carbocycles. The SMILES string of the molecule is CCCC/C=C/S(=O)(=O)N(c1ccc(C(F)(F)F)cc1OCOC)C(C)C. The van der Waals surface area contributed by atoms with Gasteiger partial charge in [-0.2, -0.15) is 13.2 Å². The normalized spacial score (nSPS) is 12.7. The van der Waals surface area contributed by atoms with Gasteiger partial charge in [-0.25, -0.2) is 8.42 Å². The van der Waals surface area contributed by atoms with Crippen molar-refractivity contribution < 1.29 is 31.1 Å². The second kappa shape index (κ2) is 9.98. The van der Waals surface area contributed by atoms with Gasteiger partial charge in [0.05, 0.1) is 11.3 Å². The first-order chi connectivity index (χ1) is 12.5. The first-order valence-corrected chi connectivity index (χ1v) is 10.1. The first kappa shape index (κ1) is 23.3. The summed E-state index contributed by atoms with van der Waals surface area (Å²) in [5.41, 5.74) is -0.910. The summed E-state index contributed by atoms with van der Waals surface area (Å²) in [5, 5.41) is 1.08. The van der Waals surface area contributed by atoms with E-state index >= 15 is 0 Å². The molecule has 0 heterocycles. The number of anilines is 1. The van der Waals surface area contributed by atoms with Crippen LogP contribution in [0.5, 0.6) is 5.75 Å². The maximum absolute atomic E-state index is 13.0. The van der Waals surface area contributed by atoms with Gasteiger partial charge in [-0.05, 0) is 38.5 Å². The third-order valence-corrected chi connectivity index (χ3v) is 5.30. The molecule has 154 valence electrons. The molecule has 0 aliphatic heterocycles. The minimum atomic E-state index is -4.58. The zero-order valence-electron chi connectivity index (χ0n) is 15.9. The monoisotopic (exact) mass is 409 g/mol. The Balaban J connectivity index is 3.39. The number of alkyl halides is 3. The van der Waals surface area contributed by atoms with Crippen LogP contribution in [-0.4, -0.2) is 28.4 Å². The number of allylic oxidation sites excluding steroid dienone is 1. The molecule has 0 saturated carbocycles. The fourth-order valence-electron chi connectivity index (χ4n) is 2.40. The molecular formula is C18H26F3NO4S. The molecule has 0 radical (unpaired) electrons. The number of benzene rings is 1. The number of nitrogens with zero attached hydrogens (tertiary/aromatic N) is 1. The van der Waals surface area contributed by atoms with Gasteiger partial charge >= 0.3 is 6.18 Å². The quantitative estimate of drug-likeness (QED) is 0.406. The Morgan fingerprint density at radius 1 is 1.26 bits per heavy atom. The predicted octanol–water partition coefficient (Wildman–Crippen LogP) is 4.94. The van der Waals surface area contributed by atoms with Crippen LogP contribution in [0.15, 0.2) is 29.7 Å². The van der Waals surface area contributed by atoms with Gasteiger partial charge in [0.15, 0.2) is 6.79 Å². The van der Waals surface area contributed by atoms with Gasteiger partial charge in [-0.15, -0.1) is 0 Å². The van der Waals surface area contributed by atoms with Gasteiger partial charge in [0, 0.05) is 18.6 Å². The number of halogens is 3. The van der Waals surface area contributed by atoms with Gasteiger partial charge in [0.25, 0.3) is 10.0 Å². The second-order valence-electron chi connectivity index (χ2n) is 6.18. The minimum Gasteiger partial charge on any atom is -0.465 e. The van der Waals surface area contributed by atoms with Gasteiger partial charge in [0.2, 0.25) is 0 Å². The van der Waals surface area contributed by atoms with Crippen LogP contribution in [-0.2, 0) is 20.9 Å². The molecule has 0 aliphatic rings. The Hall–Kier alpha value is -1.74. The molecule has 0 aliphatic carbocycles. The van der Waals surface area contributed by atoms with E-state index in [2.05, 4.69) is 0 Å². The third-order valence-electron chi connectivity index (χ3n) is 3.59. The average molecular weight is 409 g/mol. The van der Waals surface area contributed by atoms with E-state index in [1.54, 1.807) is 19.9 Å². The van der Waals surface area contributed by atoms with Gasteiger partial charge in [-0.3, -0.25) is 4.31 Å². The van der Waals surface area contributed by atoms with Crippen LogP contribution >= 0.6 is 0 Å². The highest BCUT2D eigenvalue weighted by Gasteiger charge is 2.33. The number of hydrogen-bond donors (Lipinski definition) is 0. The van der Waals surface area contributed by atoms with E-state index in [-0.39, 0.29) is 18.2 Å². The molecule has 0 atom stereocenters. The van der Waals surface area contributed by atoms with Crippen molar-refractivity contribution in [1.82, 2.24) is 0 Å². The van der Waals surface area contributed by atoms with Crippen molar-refractivity contribution >= 4 is 15.7 Å². The number of unbranched alkanes of at least 4 members (excludes halogenated alkanes) is 2. The number of rotatable bonds is 10. The topological polar surface area (TPSA) is 55.8 Å². The van der Waals surface area contributed by atoms with Crippen LogP contribution in [0.1, 0.15) is 45.6 Å². The van der Waals surface area contributed by atoms with Gasteiger partial charge in [-0.1, -0.05) is 25.8 Å². The van der Waals surface area contributed by atoms with Crippen molar-refractivity contribution in [1.29, 1.82) is 0 Å². The zero-order chi connectivity index (χ0) is 20.7. The lowest BCUT2D eigenvalue weighted by Gasteiger charge is -2.29. The highest BCUT2D eigenvalue weighted by atomic mass is 32.2. The summed E-state index contributed by atoms with van der Waals surface area (Å²) in [6.45, 7) is 4.95. The zero-order valence-corrected chi connectivity index (χ0v) is 16.7. The van der Waals surface area contributed by atoms with E-state index in [1.165, 1.54) is 7.11 Å². The molecule has 0 amide bonds. The molecule has 0 saturated heterocycles. The summed E-state index contributed by atoms with van der Waals surface area (Å²) in [6.07, 6.45) is -0.663. The van der Waals surface area contributed by atoms with Crippen LogP contribution in [0, 0.1) is 0 Å². The molecule has 0 spiro atoms. The largest absolute Gasteiger partial charge is 0.465 e. The highest BCUT2D eigenvalue weighted by Crippen LogP contribution is 2.38. The van der Waals surface area contributed by atoms with E-state index < -0.39 is 27.8 Å². The van der Waals surface area contributed by atoms with E-state index in [0.29, 0.717) is 6.42 Å². The number of sulfonamides is 1. The van der Waals surface area contributed by atoms with Crippen molar-refractivity contribution in [3.05, 3.63) is 35.2 Å². The maximum Gasteiger partial charge on any atom is 0.416 e. The van der Waals surface area contributed by atoms with Gasteiger partial charge in [0.1, 0.15) is 5.75 Å². The molecule has 5 nitrogen and oxygen atoms in total. The lowest BCUT2D eigenvalue weighted by atomic mass is 10.1. The molecule has 9 heteroatoms. The Morgan fingerprint density at radius 3 is 2.44 bits per heavy atom. The molecule has 27 heavy (non-hydrogen) atoms. The Labute approximate surface area is 158 Å². The highest BCUT2D eigenvalue weighted by molar-refractivity contribution is 7.95. The van der Waals surface area contributed by atoms with E-state index in [1.807, 2.05) is 6.92 Å². The molecule has 0 unspecified atom stereocenters. The van der Waals surface area contributed by atoms with E-state index in [0.717, 1.165) is 40.8 Å². The lowest BCUT2D eigenvalue weighted by molar-refractivity contribution is -0.137. The van der Waals surface area contributed by atoms with Crippen LogP contribution in [0.25, 0.3) is 0 Å². The maximum atomic E-state index is 13.0. The first-order valence-electron chi connectivity index (χ1n) is 8.58. The van der Waals surface area contributed by atoms with Crippen LogP contribution in [0.4, 0.5) is 18.9 Å². The second-order valence-corrected chi connectivity index (χ2v) is 7.88. The lowest BCUT2D eigenvalue weighted by Crippen LogP contribution is -2.36. The summed E-state index contributed by atoms with van der Waals surface area (Å²) < 4.78 is 75.7. The molecule has 0 aromatic heterocycles. The summed E-state index contributed by atoms with van der Waals surface area (Å²) in [7, 11) is -2.58. The summed E-state index contributed by atoms with van der Waals surface area (Å²) in [5.74, 6) is -0.217. The van der Waals surface area contributed by atoms with E-state index in [4.69, 9.17) is 9.47 Å². The van der Waals surface area contributed by atoms with Crippen molar-refractivity contribution in [3.8, 4) is 5.75 Å². The summed E-state index contributed by atoms with van der Waals surface area (Å²) >= 11 is 0. The molecule has 0 fully saturated rings. The fraction of sp³-hybridized carbons (Fsp3) is 0.556. The number of ether oxygens (including phenoxy) is 2. The minimum absolute atomic E-state index is 0.0233. The van der Waals surface area contributed by atoms with Crippen LogP contribution in [0.2, 0.25) is 0 Å². The Kier molecular flexibility index (Phi) is 8.61. The fourth-order valence-corrected chi connectivity index (χ4v) is 3.92. The number of methoxy groups -OCH3 is 1. The third kappa shape index (κ3) is 6.73. The Bertz CT molecular complexity index is 731. The van der Waals surface area contributed by atoms with Crippen molar-refractivity contribution in [2.45, 2.75) is 52.3 Å². The molecule has 1 aromatic rings. The van der Waals surface area contributed by atoms with Crippen LogP contribution in [0.3, 0.4) is 0 Å². The molecular weight excluding hydrogens is 383 g/mol. The van der Waals surface area contributed by atoms with Crippen LogP contribution < -0.4 is 9.04 Å². The van der Waals surface area contributed by atoms with Gasteiger partial charge < -0.3 is 9.47 Å². The van der Waals surface area contributed by atoms with Crippen molar-refractivity contribution in [3.63, 3.8) is 0 Å². The number of hydrogen-bond acceptors (Lipinski definition) is 4. The van der Waals surface area contributed by atoms with Crippen molar-refractivity contribution in [2.24, 2.45) is 0 Å². The Morgan fingerprint density at radius 2 is 1.93 bits per heavy atom.